The lowest BCUT2D eigenvalue weighted by molar-refractivity contribution is -0.141. The smallest absolute Gasteiger partial charge is 0.419 e. The van der Waals surface area contributed by atoms with E-state index in [1.54, 1.807) is 20.8 Å². The largest absolute Gasteiger partial charge is 0.493 e. The van der Waals surface area contributed by atoms with Gasteiger partial charge in [0.2, 0.25) is 0 Å². The van der Waals surface area contributed by atoms with Crippen LogP contribution < -0.4 is 10.1 Å². The van der Waals surface area contributed by atoms with Crippen LogP contribution in [0.5, 0.6) is 5.75 Å². The number of para-hydroxylation sites is 1. The predicted molar refractivity (Wildman–Crippen MR) is 91.3 cm³/mol. The van der Waals surface area contributed by atoms with Crippen molar-refractivity contribution in [1.29, 1.82) is 0 Å². The number of alkyl carbamates (subject to hydrolysis) is 1. The molecule has 0 aliphatic heterocycles. The molecule has 0 heterocycles. The van der Waals surface area contributed by atoms with Gasteiger partial charge in [0.05, 0.1) is 19.3 Å². The number of carbonyl (C=O) groups excluding carboxylic acids is 2. The van der Waals surface area contributed by atoms with Gasteiger partial charge in [-0.3, -0.25) is 4.79 Å². The fourth-order valence-electron chi connectivity index (χ4n) is 2.09. The summed E-state index contributed by atoms with van der Waals surface area (Å²) in [6.45, 7) is 4.71. The number of nitrogens with one attached hydrogen (secondary N) is 1. The van der Waals surface area contributed by atoms with Crippen LogP contribution in [0.1, 0.15) is 44.7 Å². The number of amides is 1. The summed E-state index contributed by atoms with van der Waals surface area (Å²) in [7, 11) is 1.22. The third kappa shape index (κ3) is 8.19. The highest BCUT2D eigenvalue weighted by molar-refractivity contribution is 5.69. The second-order valence-electron chi connectivity index (χ2n) is 6.68. The molecule has 0 saturated carbocycles. The van der Waals surface area contributed by atoms with Crippen LogP contribution in [0.3, 0.4) is 0 Å². The Bertz CT molecular complexity index is 653. The predicted octanol–water partition coefficient (Wildman–Crippen LogP) is 4.06. The Morgan fingerprint density at radius 1 is 1.15 bits per heavy atom. The van der Waals surface area contributed by atoms with Crippen molar-refractivity contribution in [3.63, 3.8) is 0 Å². The molecule has 27 heavy (non-hydrogen) atoms. The molecule has 1 aromatic rings. The van der Waals surface area contributed by atoms with Crippen molar-refractivity contribution in [2.45, 2.75) is 51.9 Å². The average molecular weight is 391 g/mol. The zero-order valence-electron chi connectivity index (χ0n) is 15.7. The summed E-state index contributed by atoms with van der Waals surface area (Å²) in [6.07, 6.45) is -5.16. The summed E-state index contributed by atoms with van der Waals surface area (Å²) in [5.74, 6) is -0.861. The summed E-state index contributed by atoms with van der Waals surface area (Å²) >= 11 is 0. The number of hydrogen-bond donors (Lipinski definition) is 1. The summed E-state index contributed by atoms with van der Waals surface area (Å²) < 4.78 is 54.7. The van der Waals surface area contributed by atoms with E-state index in [1.165, 1.54) is 19.2 Å². The van der Waals surface area contributed by atoms with Crippen molar-refractivity contribution in [1.82, 2.24) is 5.32 Å². The van der Waals surface area contributed by atoms with Gasteiger partial charge < -0.3 is 19.5 Å². The van der Waals surface area contributed by atoms with Crippen LogP contribution in [-0.2, 0) is 27.0 Å². The fourth-order valence-corrected chi connectivity index (χ4v) is 2.09. The van der Waals surface area contributed by atoms with Crippen LogP contribution in [0.2, 0.25) is 0 Å². The minimum Gasteiger partial charge on any atom is -0.493 e. The summed E-state index contributed by atoms with van der Waals surface area (Å²) in [4.78, 5) is 22.8. The molecule has 152 valence electrons. The molecular formula is C18H24F3NO5. The first-order chi connectivity index (χ1) is 12.4. The number of benzene rings is 1. The fraction of sp³-hybridized carbons (Fsp3) is 0.556. The van der Waals surface area contributed by atoms with Crippen molar-refractivity contribution in [2.24, 2.45) is 0 Å². The van der Waals surface area contributed by atoms with Gasteiger partial charge in [0.1, 0.15) is 11.4 Å². The standard InChI is InChI=1S/C18H24F3NO5/c1-17(2,3)27-16(24)22-11-12-7-5-8-13(18(19,20)21)15(12)26-10-6-9-14(23)25-4/h5,7-8H,6,9-11H2,1-4H3,(H,22,24). The highest BCUT2D eigenvalue weighted by Gasteiger charge is 2.35. The normalized spacial score (nSPS) is 11.7. The van der Waals surface area contributed by atoms with E-state index in [4.69, 9.17) is 9.47 Å². The quantitative estimate of drug-likeness (QED) is 0.560. The molecule has 0 aliphatic carbocycles. The van der Waals surface area contributed by atoms with Crippen LogP contribution >= 0.6 is 0 Å². The van der Waals surface area contributed by atoms with Crippen LogP contribution in [0, 0.1) is 0 Å². The van der Waals surface area contributed by atoms with Crippen LogP contribution in [0.15, 0.2) is 18.2 Å². The van der Waals surface area contributed by atoms with E-state index in [2.05, 4.69) is 10.1 Å². The molecule has 0 saturated heterocycles. The van der Waals surface area contributed by atoms with E-state index < -0.39 is 29.4 Å². The molecule has 1 rings (SSSR count). The highest BCUT2D eigenvalue weighted by atomic mass is 19.4. The molecule has 0 atom stereocenters. The summed E-state index contributed by atoms with van der Waals surface area (Å²) in [5, 5.41) is 2.41. The lowest BCUT2D eigenvalue weighted by Crippen LogP contribution is -2.32. The van der Waals surface area contributed by atoms with Crippen LogP contribution in [-0.4, -0.2) is 31.4 Å². The number of hydrogen-bond acceptors (Lipinski definition) is 5. The van der Waals surface area contributed by atoms with Crippen LogP contribution in [0.25, 0.3) is 0 Å². The Labute approximate surface area is 156 Å². The second kappa shape index (κ2) is 9.48. The first-order valence-corrected chi connectivity index (χ1v) is 8.29. The SMILES string of the molecule is COC(=O)CCCOc1c(CNC(=O)OC(C)(C)C)cccc1C(F)(F)F. The number of halogens is 3. The molecule has 0 bridgehead atoms. The van der Waals surface area contributed by atoms with Crippen molar-refractivity contribution in [2.75, 3.05) is 13.7 Å². The third-order valence-corrected chi connectivity index (χ3v) is 3.22. The summed E-state index contributed by atoms with van der Waals surface area (Å²) in [6, 6.07) is 3.55. The Balaban J connectivity index is 2.89. The maximum atomic E-state index is 13.3. The minimum atomic E-state index is -4.63. The molecule has 0 fully saturated rings. The van der Waals surface area contributed by atoms with Gasteiger partial charge in [-0.1, -0.05) is 12.1 Å². The van der Waals surface area contributed by atoms with Gasteiger partial charge in [0.25, 0.3) is 0 Å². The zero-order chi connectivity index (χ0) is 20.7. The van der Waals surface area contributed by atoms with Crippen LogP contribution in [0.4, 0.5) is 18.0 Å². The van der Waals surface area contributed by atoms with Gasteiger partial charge in [-0.15, -0.1) is 0 Å². The van der Waals surface area contributed by atoms with Gasteiger partial charge in [-0.25, -0.2) is 4.79 Å². The molecule has 1 aromatic carbocycles. The monoisotopic (exact) mass is 391 g/mol. The number of rotatable bonds is 7. The Morgan fingerprint density at radius 2 is 1.81 bits per heavy atom. The van der Waals surface area contributed by atoms with E-state index in [1.807, 2.05) is 0 Å². The number of ether oxygens (including phenoxy) is 3. The molecule has 1 amide bonds. The topological polar surface area (TPSA) is 73.9 Å². The van der Waals surface area contributed by atoms with E-state index in [-0.39, 0.29) is 37.3 Å². The van der Waals surface area contributed by atoms with Crippen molar-refractivity contribution in [3.8, 4) is 5.75 Å². The third-order valence-electron chi connectivity index (χ3n) is 3.22. The van der Waals surface area contributed by atoms with E-state index in [0.29, 0.717) is 0 Å². The molecule has 0 unspecified atom stereocenters. The van der Waals surface area contributed by atoms with Crippen molar-refractivity contribution in [3.05, 3.63) is 29.3 Å². The van der Waals surface area contributed by atoms with Crippen molar-refractivity contribution >= 4 is 12.1 Å². The first-order valence-electron chi connectivity index (χ1n) is 8.29. The lowest BCUT2D eigenvalue weighted by Gasteiger charge is -2.21. The average Bonchev–Trinajstić information content (AvgIpc) is 2.54. The number of methoxy groups -OCH3 is 1. The zero-order valence-corrected chi connectivity index (χ0v) is 15.7. The molecule has 9 heteroatoms. The van der Waals surface area contributed by atoms with Crippen molar-refractivity contribution < 1.29 is 37.0 Å². The molecule has 6 nitrogen and oxygen atoms in total. The summed E-state index contributed by atoms with van der Waals surface area (Å²) in [5.41, 5.74) is -1.54. The number of alkyl halides is 3. The second-order valence-corrected chi connectivity index (χ2v) is 6.68. The van der Waals surface area contributed by atoms with Gasteiger partial charge in [0.15, 0.2) is 0 Å². The Hall–Kier alpha value is -2.45. The maximum Gasteiger partial charge on any atom is 0.419 e. The molecule has 0 aliphatic rings. The number of carbonyl (C=O) groups is 2. The molecule has 0 spiro atoms. The molecular weight excluding hydrogens is 367 g/mol. The van der Waals surface area contributed by atoms with Gasteiger partial charge >= 0.3 is 18.2 Å². The van der Waals surface area contributed by atoms with E-state index in [0.717, 1.165) is 6.07 Å². The minimum absolute atomic E-state index is 0.0240. The lowest BCUT2D eigenvalue weighted by atomic mass is 10.1. The Kier molecular flexibility index (Phi) is 7.93. The molecule has 0 aromatic heterocycles. The van der Waals surface area contributed by atoms with Gasteiger partial charge in [-0.2, -0.15) is 13.2 Å². The Morgan fingerprint density at radius 3 is 2.37 bits per heavy atom. The number of esters is 1. The van der Waals surface area contributed by atoms with E-state index in [9.17, 15) is 22.8 Å². The van der Waals surface area contributed by atoms with E-state index >= 15 is 0 Å². The van der Waals surface area contributed by atoms with Gasteiger partial charge in [-0.05, 0) is 33.3 Å². The maximum absolute atomic E-state index is 13.3. The highest BCUT2D eigenvalue weighted by Crippen LogP contribution is 2.38. The van der Waals surface area contributed by atoms with Gasteiger partial charge in [0, 0.05) is 18.5 Å². The molecule has 0 radical (unpaired) electrons. The first kappa shape index (κ1) is 22.6. The molecule has 1 N–H and O–H groups in total.